The number of hydrogen-bond donors (Lipinski definition) is 1. The molecule has 78 valence electrons. The second-order valence-corrected chi connectivity index (χ2v) is 3.73. The van der Waals surface area contributed by atoms with E-state index in [9.17, 15) is 9.59 Å². The van der Waals surface area contributed by atoms with Crippen LogP contribution < -0.4 is 11.2 Å². The van der Waals surface area contributed by atoms with Gasteiger partial charge in [-0.15, -0.1) is 0 Å². The molecule has 0 radical (unpaired) electrons. The largest absolute Gasteiger partial charge is 0.452 e. The number of nitrogens with one attached hydrogen (secondary N) is 1. The van der Waals surface area contributed by atoms with E-state index in [2.05, 4.69) is 20.9 Å². The molecule has 2 rings (SSSR count). The van der Waals surface area contributed by atoms with Crippen LogP contribution in [0.25, 0.3) is 0 Å². The van der Waals surface area contributed by atoms with Crippen molar-refractivity contribution in [3.05, 3.63) is 55.7 Å². The summed E-state index contributed by atoms with van der Waals surface area (Å²) in [4.78, 5) is 24.3. The van der Waals surface area contributed by atoms with Crippen LogP contribution in [-0.2, 0) is 6.54 Å². The third-order valence-electron chi connectivity index (χ3n) is 1.85. The molecule has 2 aromatic heterocycles. The third-order valence-corrected chi connectivity index (χ3v) is 2.28. The van der Waals surface area contributed by atoms with Crippen molar-refractivity contribution in [1.29, 1.82) is 0 Å². The molecule has 6 heteroatoms. The Morgan fingerprint density at radius 3 is 2.73 bits per heavy atom. The Labute approximate surface area is 92.5 Å². The average Bonchev–Trinajstić information content (AvgIpc) is 2.56. The summed E-state index contributed by atoms with van der Waals surface area (Å²) in [5, 5.41) is 0. The summed E-state index contributed by atoms with van der Waals surface area (Å²) in [6.45, 7) is 0.293. The number of halogens is 1. The second-order valence-electron chi connectivity index (χ2n) is 2.94. The van der Waals surface area contributed by atoms with Crippen LogP contribution in [0.15, 0.2) is 43.1 Å². The van der Waals surface area contributed by atoms with Gasteiger partial charge in [-0.3, -0.25) is 14.3 Å². The van der Waals surface area contributed by atoms with Gasteiger partial charge in [0.25, 0.3) is 5.56 Å². The highest BCUT2D eigenvalue weighted by Crippen LogP contribution is 2.14. The summed E-state index contributed by atoms with van der Waals surface area (Å²) in [5.41, 5.74) is -0.855. The van der Waals surface area contributed by atoms with E-state index in [1.165, 1.54) is 16.8 Å². The van der Waals surface area contributed by atoms with Crippen LogP contribution in [0.5, 0.6) is 0 Å². The molecule has 0 unspecified atom stereocenters. The molecule has 15 heavy (non-hydrogen) atoms. The van der Waals surface area contributed by atoms with E-state index in [-0.39, 0.29) is 0 Å². The van der Waals surface area contributed by atoms with Gasteiger partial charge in [-0.1, -0.05) is 0 Å². The monoisotopic (exact) mass is 270 g/mol. The molecule has 0 aliphatic carbocycles. The molecule has 1 N–H and O–H groups in total. The smallest absolute Gasteiger partial charge is 0.328 e. The van der Waals surface area contributed by atoms with Gasteiger partial charge in [0, 0.05) is 12.3 Å². The van der Waals surface area contributed by atoms with E-state index in [0.717, 1.165) is 0 Å². The van der Waals surface area contributed by atoms with Gasteiger partial charge < -0.3 is 4.42 Å². The second kappa shape index (κ2) is 3.90. The maximum atomic E-state index is 11.3. The number of H-pyrrole nitrogens is 1. The molecule has 2 aromatic rings. The van der Waals surface area contributed by atoms with E-state index < -0.39 is 11.2 Å². The molecule has 0 aliphatic heterocycles. The Hall–Kier alpha value is -1.56. The zero-order valence-electron chi connectivity index (χ0n) is 7.57. The zero-order valence-corrected chi connectivity index (χ0v) is 9.15. The first-order valence-corrected chi connectivity index (χ1v) is 4.98. The minimum Gasteiger partial charge on any atom is -0.452 e. The zero-order chi connectivity index (χ0) is 10.8. The highest BCUT2D eigenvalue weighted by Gasteiger charge is 2.02. The van der Waals surface area contributed by atoms with Crippen LogP contribution in [0.3, 0.4) is 0 Å². The topological polar surface area (TPSA) is 68.0 Å². The molecular weight excluding hydrogens is 264 g/mol. The van der Waals surface area contributed by atoms with Crippen molar-refractivity contribution in [3.8, 4) is 0 Å². The lowest BCUT2D eigenvalue weighted by Gasteiger charge is -2.00. The Balaban J connectivity index is 2.32. The number of rotatable bonds is 2. The van der Waals surface area contributed by atoms with Gasteiger partial charge in [0.1, 0.15) is 5.76 Å². The highest BCUT2D eigenvalue weighted by molar-refractivity contribution is 9.10. The molecule has 5 nitrogen and oxygen atoms in total. The van der Waals surface area contributed by atoms with E-state index in [1.54, 1.807) is 12.1 Å². The minimum atomic E-state index is -0.449. The number of aromatic amines is 1. The van der Waals surface area contributed by atoms with Gasteiger partial charge in [-0.2, -0.15) is 0 Å². The van der Waals surface area contributed by atoms with Crippen LogP contribution in [0.1, 0.15) is 5.76 Å². The predicted octanol–water partition coefficient (Wildman–Crippen LogP) is 0.940. The number of furan rings is 1. The van der Waals surface area contributed by atoms with Crippen molar-refractivity contribution in [2.24, 2.45) is 0 Å². The minimum absolute atomic E-state index is 0.293. The van der Waals surface area contributed by atoms with Gasteiger partial charge >= 0.3 is 5.69 Å². The Bertz CT molecular complexity index is 581. The summed E-state index contributed by atoms with van der Waals surface area (Å²) in [5.74, 6) is 0.635. The quantitative estimate of drug-likeness (QED) is 0.883. The molecule has 0 aliphatic rings. The van der Waals surface area contributed by atoms with Gasteiger partial charge in [0.05, 0.1) is 6.54 Å². The summed E-state index contributed by atoms with van der Waals surface area (Å²) >= 11 is 3.16. The van der Waals surface area contributed by atoms with E-state index >= 15 is 0 Å². The molecule has 0 amide bonds. The lowest BCUT2D eigenvalue weighted by Crippen LogP contribution is -2.28. The van der Waals surface area contributed by atoms with Crippen molar-refractivity contribution in [2.75, 3.05) is 0 Å². The van der Waals surface area contributed by atoms with E-state index in [1.807, 2.05) is 0 Å². The Morgan fingerprint density at radius 1 is 1.33 bits per heavy atom. The number of hydrogen-bond acceptors (Lipinski definition) is 3. The summed E-state index contributed by atoms with van der Waals surface area (Å²) in [7, 11) is 0. The molecule has 0 saturated heterocycles. The number of nitrogens with zero attached hydrogens (tertiary/aromatic N) is 1. The summed E-state index contributed by atoms with van der Waals surface area (Å²) in [6, 6.07) is 4.78. The fraction of sp³-hybridized carbons (Fsp3) is 0.111. The lowest BCUT2D eigenvalue weighted by molar-refractivity contribution is 0.468. The normalized spacial score (nSPS) is 10.5. The van der Waals surface area contributed by atoms with Crippen molar-refractivity contribution in [3.63, 3.8) is 0 Å². The van der Waals surface area contributed by atoms with Crippen LogP contribution in [0, 0.1) is 0 Å². The third kappa shape index (κ3) is 2.27. The van der Waals surface area contributed by atoms with Crippen LogP contribution in [0.2, 0.25) is 0 Å². The Kier molecular flexibility index (Phi) is 2.59. The predicted molar refractivity (Wildman–Crippen MR) is 56.8 cm³/mol. The first kappa shape index (κ1) is 9.97. The summed E-state index contributed by atoms with van der Waals surface area (Å²) in [6.07, 6.45) is 1.43. The molecule has 0 saturated carbocycles. The van der Waals surface area contributed by atoms with Gasteiger partial charge in [0.15, 0.2) is 4.67 Å². The molecule has 0 atom stereocenters. The highest BCUT2D eigenvalue weighted by atomic mass is 79.9. The van der Waals surface area contributed by atoms with Crippen molar-refractivity contribution in [2.45, 2.75) is 6.54 Å². The van der Waals surface area contributed by atoms with E-state index in [4.69, 9.17) is 4.42 Å². The standard InChI is InChI=1S/C9H7BrN2O3/c10-7-2-1-6(15-7)5-12-4-3-8(13)11-9(12)14/h1-4H,5H2,(H,11,13,14). The van der Waals surface area contributed by atoms with Crippen LogP contribution in [0.4, 0.5) is 0 Å². The van der Waals surface area contributed by atoms with E-state index in [0.29, 0.717) is 17.0 Å². The Morgan fingerprint density at radius 2 is 2.13 bits per heavy atom. The fourth-order valence-corrected chi connectivity index (χ4v) is 1.51. The van der Waals surface area contributed by atoms with Gasteiger partial charge in [-0.05, 0) is 28.1 Å². The van der Waals surface area contributed by atoms with Gasteiger partial charge in [0.2, 0.25) is 0 Å². The number of aromatic nitrogens is 2. The van der Waals surface area contributed by atoms with Crippen LogP contribution in [-0.4, -0.2) is 9.55 Å². The molecule has 0 aromatic carbocycles. The molecule has 0 spiro atoms. The molecule has 2 heterocycles. The van der Waals surface area contributed by atoms with Crippen molar-refractivity contribution >= 4 is 15.9 Å². The van der Waals surface area contributed by atoms with Crippen LogP contribution >= 0.6 is 15.9 Å². The average molecular weight is 271 g/mol. The summed E-state index contributed by atoms with van der Waals surface area (Å²) < 4.78 is 7.20. The first-order chi connectivity index (χ1) is 7.15. The maximum absolute atomic E-state index is 11.3. The lowest BCUT2D eigenvalue weighted by atomic mass is 10.4. The first-order valence-electron chi connectivity index (χ1n) is 4.19. The van der Waals surface area contributed by atoms with Crippen molar-refractivity contribution < 1.29 is 4.42 Å². The molecular formula is C9H7BrN2O3. The van der Waals surface area contributed by atoms with Crippen molar-refractivity contribution in [1.82, 2.24) is 9.55 Å². The van der Waals surface area contributed by atoms with Gasteiger partial charge in [-0.25, -0.2) is 4.79 Å². The molecule has 0 fully saturated rings. The maximum Gasteiger partial charge on any atom is 0.328 e. The fourth-order valence-electron chi connectivity index (χ4n) is 1.17. The molecule has 0 bridgehead atoms. The SMILES string of the molecule is O=c1ccn(Cc2ccc(Br)o2)c(=O)[nH]1.